The molecule has 2 aromatic heterocycles. The van der Waals surface area contributed by atoms with Crippen LogP contribution in [0.25, 0.3) is 22.5 Å². The summed E-state index contributed by atoms with van der Waals surface area (Å²) in [6.45, 7) is 9.00. The molecule has 0 saturated carbocycles. The lowest BCUT2D eigenvalue weighted by Crippen LogP contribution is -2.05. The number of ether oxygens (including phenoxy) is 2. The Morgan fingerprint density at radius 3 is 2.50 bits per heavy atom. The van der Waals surface area contributed by atoms with E-state index >= 15 is 0 Å². The van der Waals surface area contributed by atoms with Gasteiger partial charge in [-0.1, -0.05) is 54.6 Å². The van der Waals surface area contributed by atoms with Gasteiger partial charge in [0, 0.05) is 28.6 Å². The van der Waals surface area contributed by atoms with E-state index in [1.54, 1.807) is 6.08 Å². The number of aromatic nitrogens is 5. The van der Waals surface area contributed by atoms with Crippen LogP contribution in [-0.2, 0) is 18.0 Å². The minimum absolute atomic E-state index is 0.437. The van der Waals surface area contributed by atoms with E-state index in [0.29, 0.717) is 25.6 Å². The van der Waals surface area contributed by atoms with Crippen LogP contribution in [0.3, 0.4) is 0 Å². The average molecular weight is 428 g/mol. The number of hydrogen-bond donors (Lipinski definition) is 1. The highest BCUT2D eigenvalue weighted by atomic mass is 16.5. The van der Waals surface area contributed by atoms with E-state index in [1.807, 2.05) is 38.1 Å². The summed E-state index contributed by atoms with van der Waals surface area (Å²) in [5.74, 6) is 1.44. The molecule has 0 radical (unpaired) electrons. The summed E-state index contributed by atoms with van der Waals surface area (Å²) in [6.07, 6.45) is 1.73. The van der Waals surface area contributed by atoms with Gasteiger partial charge in [-0.3, -0.25) is 4.98 Å². The lowest BCUT2D eigenvalue weighted by Gasteiger charge is -2.15. The van der Waals surface area contributed by atoms with Crippen molar-refractivity contribution in [2.45, 2.75) is 27.1 Å². The third-order valence-electron chi connectivity index (χ3n) is 5.09. The van der Waals surface area contributed by atoms with E-state index in [4.69, 9.17) is 9.47 Å². The first kappa shape index (κ1) is 21.4. The summed E-state index contributed by atoms with van der Waals surface area (Å²) in [5.41, 5.74) is 6.95. The second-order valence-corrected chi connectivity index (χ2v) is 7.41. The highest BCUT2D eigenvalue weighted by Gasteiger charge is 2.12. The van der Waals surface area contributed by atoms with Crippen LogP contribution in [0.15, 0.2) is 67.3 Å². The average Bonchev–Trinajstić information content (AvgIpc) is 3.34. The molecule has 4 aromatic rings. The van der Waals surface area contributed by atoms with Crippen molar-refractivity contribution in [3.05, 3.63) is 89.8 Å². The van der Waals surface area contributed by atoms with Crippen molar-refractivity contribution in [2.75, 3.05) is 6.61 Å². The van der Waals surface area contributed by atoms with Crippen molar-refractivity contribution < 1.29 is 9.47 Å². The Kier molecular flexibility index (Phi) is 6.67. The van der Waals surface area contributed by atoms with Gasteiger partial charge in [0.15, 0.2) is 5.82 Å². The van der Waals surface area contributed by atoms with Crippen LogP contribution in [0.2, 0.25) is 0 Å². The minimum Gasteiger partial charge on any atom is -0.488 e. The maximum absolute atomic E-state index is 6.17. The van der Waals surface area contributed by atoms with Gasteiger partial charge in [-0.2, -0.15) is 0 Å². The predicted molar refractivity (Wildman–Crippen MR) is 123 cm³/mol. The lowest BCUT2D eigenvalue weighted by atomic mass is 9.98. The Morgan fingerprint density at radius 1 is 1.00 bits per heavy atom. The Morgan fingerprint density at radius 2 is 1.78 bits per heavy atom. The minimum atomic E-state index is 0.437. The van der Waals surface area contributed by atoms with Crippen molar-refractivity contribution in [3.8, 4) is 28.3 Å². The first-order valence-electron chi connectivity index (χ1n) is 10.4. The fourth-order valence-electron chi connectivity index (χ4n) is 3.52. The molecule has 0 unspecified atom stereocenters. The monoisotopic (exact) mass is 427 g/mol. The molecule has 0 aliphatic carbocycles. The zero-order valence-corrected chi connectivity index (χ0v) is 18.2. The first-order chi connectivity index (χ1) is 15.7. The summed E-state index contributed by atoms with van der Waals surface area (Å²) in [4.78, 5) is 4.54. The van der Waals surface area contributed by atoms with Crippen molar-refractivity contribution in [3.63, 3.8) is 0 Å². The Bertz CT molecular complexity index is 1190. The second kappa shape index (κ2) is 9.98. The van der Waals surface area contributed by atoms with E-state index in [1.165, 1.54) is 0 Å². The van der Waals surface area contributed by atoms with Gasteiger partial charge < -0.3 is 9.47 Å². The number of hydrogen-bond acceptors (Lipinski definition) is 6. The maximum atomic E-state index is 6.17. The number of benzene rings is 2. The molecular weight excluding hydrogens is 402 g/mol. The van der Waals surface area contributed by atoms with E-state index in [0.717, 1.165) is 45.0 Å². The van der Waals surface area contributed by atoms with Crippen molar-refractivity contribution in [1.29, 1.82) is 0 Å². The fourth-order valence-corrected chi connectivity index (χ4v) is 3.52. The molecule has 7 heteroatoms. The van der Waals surface area contributed by atoms with Gasteiger partial charge in [0.2, 0.25) is 0 Å². The molecule has 0 atom stereocenters. The summed E-state index contributed by atoms with van der Waals surface area (Å²) >= 11 is 0. The molecule has 32 heavy (non-hydrogen) atoms. The topological polar surface area (TPSA) is 85.8 Å². The smallest absolute Gasteiger partial charge is 0.180 e. The Labute approximate surface area is 187 Å². The summed E-state index contributed by atoms with van der Waals surface area (Å²) in [5, 5.41) is 14.3. The van der Waals surface area contributed by atoms with Crippen LogP contribution in [0.5, 0.6) is 5.75 Å². The molecule has 7 nitrogen and oxygen atoms in total. The molecule has 162 valence electrons. The van der Waals surface area contributed by atoms with Crippen LogP contribution in [-0.4, -0.2) is 32.2 Å². The standard InChI is InChI=1S/C25H25N5O2/c1-4-13-31-16-23-18(3)26-17(2)14-24(23)32-15-19-9-11-20(12-10-19)21-7-5-6-8-22(21)25-27-29-30-28-25/h4-12,14H,1,13,15-16H2,2-3H3,(H,27,28,29,30). The number of nitrogens with one attached hydrogen (secondary N) is 1. The summed E-state index contributed by atoms with van der Waals surface area (Å²) in [7, 11) is 0. The van der Waals surface area contributed by atoms with Crippen LogP contribution < -0.4 is 4.74 Å². The molecule has 0 aliphatic rings. The molecule has 0 spiro atoms. The molecule has 0 amide bonds. The van der Waals surface area contributed by atoms with Crippen molar-refractivity contribution in [2.24, 2.45) is 0 Å². The largest absolute Gasteiger partial charge is 0.488 e. The summed E-state index contributed by atoms with van der Waals surface area (Å²) < 4.78 is 11.8. The number of aromatic amines is 1. The third kappa shape index (κ3) is 4.90. The Hall–Kier alpha value is -3.84. The van der Waals surface area contributed by atoms with Gasteiger partial charge in [0.1, 0.15) is 12.4 Å². The van der Waals surface area contributed by atoms with E-state index in [9.17, 15) is 0 Å². The molecule has 0 bridgehead atoms. The highest BCUT2D eigenvalue weighted by molar-refractivity contribution is 5.80. The first-order valence-corrected chi connectivity index (χ1v) is 10.4. The third-order valence-corrected chi connectivity index (χ3v) is 5.09. The van der Waals surface area contributed by atoms with E-state index in [-0.39, 0.29) is 0 Å². The van der Waals surface area contributed by atoms with Crippen LogP contribution >= 0.6 is 0 Å². The van der Waals surface area contributed by atoms with Gasteiger partial charge in [-0.05, 0) is 41.0 Å². The van der Waals surface area contributed by atoms with Crippen molar-refractivity contribution >= 4 is 0 Å². The normalized spacial score (nSPS) is 10.8. The number of nitrogens with zero attached hydrogens (tertiary/aromatic N) is 4. The lowest BCUT2D eigenvalue weighted by molar-refractivity contribution is 0.144. The molecule has 0 aliphatic heterocycles. The maximum Gasteiger partial charge on any atom is 0.180 e. The Balaban J connectivity index is 1.51. The van der Waals surface area contributed by atoms with Gasteiger partial charge >= 0.3 is 0 Å². The SMILES string of the molecule is C=CCOCc1c(OCc2ccc(-c3ccccc3-c3nnn[nH]3)cc2)cc(C)nc1C. The van der Waals surface area contributed by atoms with Crippen molar-refractivity contribution in [1.82, 2.24) is 25.6 Å². The number of tetrazole rings is 1. The number of rotatable bonds is 9. The van der Waals surface area contributed by atoms with Crippen LogP contribution in [0.1, 0.15) is 22.5 Å². The van der Waals surface area contributed by atoms with E-state index in [2.05, 4.69) is 62.5 Å². The molecule has 0 saturated heterocycles. The van der Waals surface area contributed by atoms with Gasteiger partial charge in [0.25, 0.3) is 0 Å². The van der Waals surface area contributed by atoms with Gasteiger partial charge in [-0.15, -0.1) is 11.7 Å². The molecule has 0 fully saturated rings. The highest BCUT2D eigenvalue weighted by Crippen LogP contribution is 2.30. The molecular formula is C25H25N5O2. The fraction of sp³-hybridized carbons (Fsp3) is 0.200. The predicted octanol–water partition coefficient (Wildman–Crippen LogP) is 4.83. The second-order valence-electron chi connectivity index (χ2n) is 7.41. The summed E-state index contributed by atoms with van der Waals surface area (Å²) in [6, 6.07) is 18.3. The van der Waals surface area contributed by atoms with Gasteiger partial charge in [-0.25, -0.2) is 5.10 Å². The van der Waals surface area contributed by atoms with Crippen LogP contribution in [0, 0.1) is 13.8 Å². The molecule has 2 heterocycles. The van der Waals surface area contributed by atoms with E-state index < -0.39 is 0 Å². The zero-order chi connectivity index (χ0) is 22.3. The molecule has 1 N–H and O–H groups in total. The zero-order valence-electron chi connectivity index (χ0n) is 18.2. The quantitative estimate of drug-likeness (QED) is 0.304. The number of H-pyrrole nitrogens is 1. The number of aryl methyl sites for hydroxylation is 2. The van der Waals surface area contributed by atoms with Gasteiger partial charge in [0.05, 0.1) is 13.2 Å². The van der Waals surface area contributed by atoms with Crippen LogP contribution in [0.4, 0.5) is 0 Å². The molecule has 2 aromatic carbocycles. The molecule has 4 rings (SSSR count). The number of pyridine rings is 1.